The maximum Gasteiger partial charge on any atom is 0.182 e. The van der Waals surface area contributed by atoms with Crippen molar-refractivity contribution in [3.05, 3.63) is 29.8 Å². The molecular formula is C10H9F2NO2S. The lowest BCUT2D eigenvalue weighted by Gasteiger charge is -2.06. The summed E-state index contributed by atoms with van der Waals surface area (Å²) in [5.41, 5.74) is 0. The monoisotopic (exact) mass is 245 g/mol. The van der Waals surface area contributed by atoms with E-state index in [0.717, 1.165) is 12.1 Å². The zero-order valence-electron chi connectivity index (χ0n) is 8.44. The Hall–Kier alpha value is -1.48. The van der Waals surface area contributed by atoms with E-state index in [9.17, 15) is 17.2 Å². The smallest absolute Gasteiger partial charge is 0.182 e. The van der Waals surface area contributed by atoms with Crippen molar-refractivity contribution in [2.45, 2.75) is 11.8 Å². The van der Waals surface area contributed by atoms with Crippen LogP contribution in [-0.4, -0.2) is 14.2 Å². The summed E-state index contributed by atoms with van der Waals surface area (Å²) in [7, 11) is -3.88. The van der Waals surface area contributed by atoms with Gasteiger partial charge >= 0.3 is 0 Å². The molecule has 1 unspecified atom stereocenters. The Labute approximate surface area is 92.2 Å². The van der Waals surface area contributed by atoms with Crippen LogP contribution in [0.1, 0.15) is 6.92 Å². The fraction of sp³-hybridized carbons (Fsp3) is 0.300. The summed E-state index contributed by atoms with van der Waals surface area (Å²) >= 11 is 0. The summed E-state index contributed by atoms with van der Waals surface area (Å²) in [6.07, 6.45) is 0. The zero-order valence-corrected chi connectivity index (χ0v) is 9.26. The average Bonchev–Trinajstić information content (AvgIpc) is 2.16. The van der Waals surface area contributed by atoms with E-state index in [1.165, 1.54) is 6.92 Å². The fourth-order valence-corrected chi connectivity index (χ4v) is 2.73. The van der Waals surface area contributed by atoms with Gasteiger partial charge in [0.1, 0.15) is 16.5 Å². The number of benzene rings is 1. The summed E-state index contributed by atoms with van der Waals surface area (Å²) in [5.74, 6) is -3.20. The highest BCUT2D eigenvalue weighted by molar-refractivity contribution is 7.91. The zero-order chi connectivity index (χ0) is 12.3. The second-order valence-electron chi connectivity index (χ2n) is 3.39. The molecule has 0 bridgehead atoms. The molecule has 0 aliphatic carbocycles. The standard InChI is InChI=1S/C10H9F2NO2S/c1-7(5-13)6-16(14,15)10-3-2-8(11)4-9(10)12/h2-4,7H,6H2,1H3. The second kappa shape index (κ2) is 4.58. The summed E-state index contributed by atoms with van der Waals surface area (Å²) in [6.45, 7) is 1.42. The van der Waals surface area contributed by atoms with Gasteiger partial charge in [-0.3, -0.25) is 0 Å². The minimum Gasteiger partial charge on any atom is -0.224 e. The number of nitrogens with zero attached hydrogens (tertiary/aromatic N) is 1. The summed E-state index contributed by atoms with van der Waals surface area (Å²) in [5, 5.41) is 8.49. The first kappa shape index (κ1) is 12.6. The minimum absolute atomic E-state index is 0.480. The molecule has 86 valence electrons. The number of halogens is 2. The van der Waals surface area contributed by atoms with Crippen LogP contribution in [0.5, 0.6) is 0 Å². The van der Waals surface area contributed by atoms with Gasteiger partial charge in [0.15, 0.2) is 9.84 Å². The van der Waals surface area contributed by atoms with Crippen LogP contribution in [0.2, 0.25) is 0 Å². The SMILES string of the molecule is CC(C#N)CS(=O)(=O)c1ccc(F)cc1F. The molecule has 1 rings (SSSR count). The van der Waals surface area contributed by atoms with E-state index in [-0.39, 0.29) is 0 Å². The number of sulfone groups is 1. The van der Waals surface area contributed by atoms with Crippen LogP contribution in [0.25, 0.3) is 0 Å². The summed E-state index contributed by atoms with van der Waals surface area (Å²) in [4.78, 5) is -0.573. The van der Waals surface area contributed by atoms with Crippen molar-refractivity contribution >= 4 is 9.84 Å². The van der Waals surface area contributed by atoms with Crippen molar-refractivity contribution in [3.63, 3.8) is 0 Å². The molecule has 3 nitrogen and oxygen atoms in total. The first-order chi connectivity index (χ1) is 7.36. The van der Waals surface area contributed by atoms with Crippen LogP contribution in [0.15, 0.2) is 23.1 Å². The Bertz CT molecular complexity index is 534. The van der Waals surface area contributed by atoms with Gasteiger partial charge in [-0.25, -0.2) is 17.2 Å². The van der Waals surface area contributed by atoms with Crippen molar-refractivity contribution in [1.29, 1.82) is 5.26 Å². The number of nitriles is 1. The van der Waals surface area contributed by atoms with Gasteiger partial charge in [0, 0.05) is 6.07 Å². The summed E-state index contributed by atoms with van der Waals surface area (Å²) < 4.78 is 49.0. The van der Waals surface area contributed by atoms with E-state index in [4.69, 9.17) is 5.26 Å². The van der Waals surface area contributed by atoms with E-state index in [2.05, 4.69) is 0 Å². The van der Waals surface area contributed by atoms with Gasteiger partial charge < -0.3 is 0 Å². The van der Waals surface area contributed by atoms with Crippen molar-refractivity contribution in [2.75, 3.05) is 5.75 Å². The van der Waals surface area contributed by atoms with E-state index < -0.39 is 38.0 Å². The molecule has 0 N–H and O–H groups in total. The van der Waals surface area contributed by atoms with E-state index in [0.29, 0.717) is 6.07 Å². The van der Waals surface area contributed by atoms with Crippen LogP contribution in [0.4, 0.5) is 8.78 Å². The highest BCUT2D eigenvalue weighted by atomic mass is 32.2. The fourth-order valence-electron chi connectivity index (χ4n) is 1.18. The predicted octanol–water partition coefficient (Wildman–Crippen LogP) is 1.90. The van der Waals surface area contributed by atoms with Crippen molar-refractivity contribution in [3.8, 4) is 6.07 Å². The van der Waals surface area contributed by atoms with Gasteiger partial charge in [0.05, 0.1) is 17.7 Å². The van der Waals surface area contributed by atoms with Crippen LogP contribution in [0, 0.1) is 28.9 Å². The van der Waals surface area contributed by atoms with Gasteiger partial charge in [0.2, 0.25) is 0 Å². The van der Waals surface area contributed by atoms with Crippen LogP contribution < -0.4 is 0 Å². The molecule has 0 heterocycles. The first-order valence-electron chi connectivity index (χ1n) is 4.44. The Morgan fingerprint density at radius 1 is 1.44 bits per heavy atom. The Morgan fingerprint density at radius 3 is 2.56 bits per heavy atom. The van der Waals surface area contributed by atoms with Gasteiger partial charge in [-0.2, -0.15) is 5.26 Å². The number of hydrogen-bond donors (Lipinski definition) is 0. The van der Waals surface area contributed by atoms with E-state index >= 15 is 0 Å². The largest absolute Gasteiger partial charge is 0.224 e. The van der Waals surface area contributed by atoms with Crippen LogP contribution in [-0.2, 0) is 9.84 Å². The van der Waals surface area contributed by atoms with Gasteiger partial charge in [-0.05, 0) is 19.1 Å². The molecule has 0 spiro atoms. The maximum absolute atomic E-state index is 13.2. The molecule has 0 aliphatic heterocycles. The molecule has 0 saturated heterocycles. The number of hydrogen-bond acceptors (Lipinski definition) is 3. The normalized spacial score (nSPS) is 13.1. The lowest BCUT2D eigenvalue weighted by Crippen LogP contribution is -2.14. The Morgan fingerprint density at radius 2 is 2.06 bits per heavy atom. The molecule has 1 aromatic carbocycles. The minimum atomic E-state index is -3.88. The van der Waals surface area contributed by atoms with Crippen molar-refractivity contribution in [1.82, 2.24) is 0 Å². The van der Waals surface area contributed by atoms with Crippen LogP contribution in [0.3, 0.4) is 0 Å². The topological polar surface area (TPSA) is 57.9 Å². The quantitative estimate of drug-likeness (QED) is 0.764. The molecule has 0 radical (unpaired) electrons. The van der Waals surface area contributed by atoms with Crippen molar-refractivity contribution < 1.29 is 17.2 Å². The van der Waals surface area contributed by atoms with Gasteiger partial charge in [-0.1, -0.05) is 0 Å². The molecule has 0 aromatic heterocycles. The Balaban J connectivity index is 3.14. The molecule has 0 saturated carbocycles. The van der Waals surface area contributed by atoms with Gasteiger partial charge in [0.25, 0.3) is 0 Å². The van der Waals surface area contributed by atoms with E-state index in [1.54, 1.807) is 6.07 Å². The van der Waals surface area contributed by atoms with Crippen LogP contribution >= 0.6 is 0 Å². The highest BCUT2D eigenvalue weighted by Crippen LogP contribution is 2.18. The van der Waals surface area contributed by atoms with E-state index in [1.807, 2.05) is 0 Å². The average molecular weight is 245 g/mol. The molecule has 1 aromatic rings. The number of rotatable bonds is 3. The predicted molar refractivity (Wildman–Crippen MR) is 53.2 cm³/mol. The molecular weight excluding hydrogens is 236 g/mol. The maximum atomic E-state index is 13.2. The third-order valence-electron chi connectivity index (χ3n) is 1.92. The molecule has 6 heteroatoms. The van der Waals surface area contributed by atoms with Crippen molar-refractivity contribution in [2.24, 2.45) is 5.92 Å². The Kier molecular flexibility index (Phi) is 3.60. The molecule has 1 atom stereocenters. The third-order valence-corrected chi connectivity index (χ3v) is 3.86. The lowest BCUT2D eigenvalue weighted by molar-refractivity contribution is 0.547. The highest BCUT2D eigenvalue weighted by Gasteiger charge is 2.22. The van der Waals surface area contributed by atoms with Gasteiger partial charge in [-0.15, -0.1) is 0 Å². The molecule has 16 heavy (non-hydrogen) atoms. The molecule has 0 amide bonds. The first-order valence-corrected chi connectivity index (χ1v) is 6.09. The molecule has 0 fully saturated rings. The lowest BCUT2D eigenvalue weighted by atomic mass is 10.3. The molecule has 0 aliphatic rings. The second-order valence-corrected chi connectivity index (χ2v) is 5.39. The third kappa shape index (κ3) is 2.76. The summed E-state index contributed by atoms with van der Waals surface area (Å²) in [6, 6.07) is 3.98.